The topological polar surface area (TPSA) is 80.7 Å². The molecule has 7 atom stereocenters. The Morgan fingerprint density at radius 2 is 1.91 bits per heavy atom. The number of ketones is 2. The molecule has 0 bridgehead atoms. The van der Waals surface area contributed by atoms with Crippen LogP contribution < -0.4 is 0 Å². The molecule has 0 radical (unpaired) electrons. The van der Waals surface area contributed by atoms with Crippen LogP contribution in [0.25, 0.3) is 0 Å². The summed E-state index contributed by atoms with van der Waals surface area (Å²) in [5.41, 5.74) is 1.44. The van der Waals surface area contributed by atoms with Gasteiger partial charge in [-0.2, -0.15) is 0 Å². The Morgan fingerprint density at radius 3 is 2.64 bits per heavy atom. The average Bonchev–Trinajstić information content (AvgIpc) is 3.14. The number of unbranched alkanes of at least 4 members (excludes halogenated alkanes) is 1. The number of aliphatic hydroxyl groups excluding tert-OH is 1. The minimum atomic E-state index is -0.819. The highest BCUT2D eigenvalue weighted by Crippen LogP contribution is 2.66. The molecule has 5 heteroatoms. The van der Waals surface area contributed by atoms with Crippen molar-refractivity contribution in [3.63, 3.8) is 0 Å². The quantitative estimate of drug-likeness (QED) is 0.506. The van der Waals surface area contributed by atoms with Crippen LogP contribution in [0.15, 0.2) is 11.6 Å². The van der Waals surface area contributed by atoms with Gasteiger partial charge in [-0.3, -0.25) is 14.4 Å². The van der Waals surface area contributed by atoms with Crippen molar-refractivity contribution in [3.8, 4) is 0 Å². The third kappa shape index (κ3) is 4.35. The van der Waals surface area contributed by atoms with Crippen LogP contribution in [0.2, 0.25) is 0 Å². The molecule has 0 aromatic rings. The third-order valence-corrected chi connectivity index (χ3v) is 10.0. The zero-order chi connectivity index (χ0) is 23.8. The largest absolute Gasteiger partial charge is 0.454 e. The lowest BCUT2D eigenvalue weighted by Crippen LogP contribution is -2.52. The summed E-state index contributed by atoms with van der Waals surface area (Å²) in [6, 6.07) is 0. The van der Waals surface area contributed by atoms with E-state index in [0.29, 0.717) is 30.6 Å². The summed E-state index contributed by atoms with van der Waals surface area (Å²) >= 11 is 0. The van der Waals surface area contributed by atoms with Gasteiger partial charge in [-0.25, -0.2) is 0 Å². The molecule has 4 unspecified atom stereocenters. The van der Waals surface area contributed by atoms with E-state index in [9.17, 15) is 19.5 Å². The number of carbonyl (C=O) groups excluding carboxylic acids is 3. The first-order chi connectivity index (χ1) is 15.7. The standard InChI is InChI=1S/C28H42O5/c1-4-5-6-25(31)33-24(13-16-29)26(32)23-10-9-21-20-8-7-18-17-19(30)11-14-27(18,2)22(20)12-15-28(21,23)3/h17,20-24,29H,4-16H2,1-3H3/t20?,21?,22?,23?,24-,27-,28-/m0/s1. The van der Waals surface area contributed by atoms with E-state index in [2.05, 4.69) is 13.8 Å². The lowest BCUT2D eigenvalue weighted by molar-refractivity contribution is -0.160. The van der Waals surface area contributed by atoms with E-state index in [4.69, 9.17) is 4.74 Å². The van der Waals surface area contributed by atoms with Crippen LogP contribution in [-0.2, 0) is 19.1 Å². The summed E-state index contributed by atoms with van der Waals surface area (Å²) < 4.78 is 5.61. The fourth-order valence-electron chi connectivity index (χ4n) is 8.17. The molecule has 0 aromatic carbocycles. The zero-order valence-electron chi connectivity index (χ0n) is 20.7. The van der Waals surface area contributed by atoms with Crippen molar-refractivity contribution >= 4 is 17.5 Å². The third-order valence-electron chi connectivity index (χ3n) is 10.0. The summed E-state index contributed by atoms with van der Waals surface area (Å²) in [6.07, 6.45) is 11.1. The molecule has 0 amide bonds. The molecule has 5 nitrogen and oxygen atoms in total. The van der Waals surface area contributed by atoms with Crippen molar-refractivity contribution in [3.05, 3.63) is 11.6 Å². The van der Waals surface area contributed by atoms with Crippen molar-refractivity contribution in [2.45, 2.75) is 104 Å². The minimum absolute atomic E-state index is 0.0308. The second kappa shape index (κ2) is 9.64. The molecule has 0 aromatic heterocycles. The normalized spacial score (nSPS) is 38.5. The Bertz CT molecular complexity index is 815. The van der Waals surface area contributed by atoms with Gasteiger partial charge in [0.25, 0.3) is 0 Å². The number of fused-ring (bicyclic) bond motifs is 5. The van der Waals surface area contributed by atoms with Crippen LogP contribution in [0.4, 0.5) is 0 Å². The van der Waals surface area contributed by atoms with Gasteiger partial charge in [0.1, 0.15) is 0 Å². The van der Waals surface area contributed by atoms with Crippen LogP contribution in [-0.4, -0.2) is 35.4 Å². The van der Waals surface area contributed by atoms with E-state index in [-0.39, 0.29) is 47.3 Å². The summed E-state index contributed by atoms with van der Waals surface area (Å²) in [5.74, 6) is 1.60. The molecule has 0 heterocycles. The van der Waals surface area contributed by atoms with Gasteiger partial charge in [0, 0.05) is 31.8 Å². The maximum absolute atomic E-state index is 13.7. The summed E-state index contributed by atoms with van der Waals surface area (Å²) in [4.78, 5) is 38.0. The number of Topliss-reactive ketones (excluding diaryl/α,β-unsaturated/α-hetero) is 1. The van der Waals surface area contributed by atoms with Crippen LogP contribution in [0.5, 0.6) is 0 Å². The lowest BCUT2D eigenvalue weighted by atomic mass is 9.46. The number of esters is 1. The van der Waals surface area contributed by atoms with Gasteiger partial charge in [0.15, 0.2) is 17.7 Å². The highest BCUT2D eigenvalue weighted by atomic mass is 16.5. The maximum Gasteiger partial charge on any atom is 0.306 e. The zero-order valence-corrected chi connectivity index (χ0v) is 20.7. The molecule has 184 valence electrons. The molecular formula is C28H42O5. The van der Waals surface area contributed by atoms with Gasteiger partial charge < -0.3 is 9.84 Å². The first-order valence-corrected chi connectivity index (χ1v) is 13.3. The molecule has 3 saturated carbocycles. The number of carbonyl (C=O) groups is 3. The van der Waals surface area contributed by atoms with Crippen LogP contribution in [0.3, 0.4) is 0 Å². The molecule has 4 aliphatic rings. The van der Waals surface area contributed by atoms with Crippen molar-refractivity contribution in [1.82, 2.24) is 0 Å². The number of aliphatic hydroxyl groups is 1. The van der Waals surface area contributed by atoms with Gasteiger partial charge in [0.2, 0.25) is 0 Å². The average molecular weight is 459 g/mol. The Balaban J connectivity index is 1.51. The van der Waals surface area contributed by atoms with E-state index < -0.39 is 6.10 Å². The Hall–Kier alpha value is -1.49. The smallest absolute Gasteiger partial charge is 0.306 e. The van der Waals surface area contributed by atoms with E-state index in [0.717, 1.165) is 57.8 Å². The van der Waals surface area contributed by atoms with Crippen molar-refractivity contribution in [1.29, 1.82) is 0 Å². The highest BCUT2D eigenvalue weighted by molar-refractivity contribution is 5.91. The molecule has 0 aliphatic heterocycles. The number of allylic oxidation sites excluding steroid dienone is 1. The molecule has 0 spiro atoms. The van der Waals surface area contributed by atoms with E-state index in [1.54, 1.807) is 0 Å². The van der Waals surface area contributed by atoms with Gasteiger partial charge in [-0.15, -0.1) is 0 Å². The first-order valence-electron chi connectivity index (χ1n) is 13.3. The second-order valence-electron chi connectivity index (χ2n) is 11.6. The summed E-state index contributed by atoms with van der Waals surface area (Å²) in [5, 5.41) is 9.55. The van der Waals surface area contributed by atoms with E-state index in [1.165, 1.54) is 5.57 Å². The first kappa shape index (κ1) is 24.6. The van der Waals surface area contributed by atoms with Gasteiger partial charge in [-0.1, -0.05) is 32.8 Å². The molecule has 3 fully saturated rings. The molecule has 0 saturated heterocycles. The molecule has 4 aliphatic carbocycles. The van der Waals surface area contributed by atoms with Crippen molar-refractivity contribution < 1.29 is 24.2 Å². The van der Waals surface area contributed by atoms with Crippen LogP contribution >= 0.6 is 0 Å². The fourth-order valence-corrected chi connectivity index (χ4v) is 8.17. The summed E-state index contributed by atoms with van der Waals surface area (Å²) in [7, 11) is 0. The second-order valence-corrected chi connectivity index (χ2v) is 11.6. The van der Waals surface area contributed by atoms with Gasteiger partial charge in [0.05, 0.1) is 0 Å². The lowest BCUT2D eigenvalue weighted by Gasteiger charge is -2.58. The van der Waals surface area contributed by atoms with Crippen LogP contribution in [0, 0.1) is 34.5 Å². The fraction of sp³-hybridized carbons (Fsp3) is 0.821. The summed E-state index contributed by atoms with van der Waals surface area (Å²) in [6.45, 7) is 6.56. The highest BCUT2D eigenvalue weighted by Gasteiger charge is 2.60. The molecule has 1 N–H and O–H groups in total. The minimum Gasteiger partial charge on any atom is -0.454 e. The number of hydrogen-bond donors (Lipinski definition) is 1. The maximum atomic E-state index is 13.7. The predicted molar refractivity (Wildman–Crippen MR) is 126 cm³/mol. The number of ether oxygens (including phenoxy) is 1. The monoisotopic (exact) mass is 458 g/mol. The van der Waals surface area contributed by atoms with Crippen molar-refractivity contribution in [2.24, 2.45) is 34.5 Å². The SMILES string of the molecule is CCCCC(=O)O[C@@H](CCO)C(=O)C1CCC2C3CCC4=CC(=O)CC[C@]4(C)C3CC[C@]12C. The number of hydrogen-bond acceptors (Lipinski definition) is 5. The van der Waals surface area contributed by atoms with Gasteiger partial charge >= 0.3 is 5.97 Å². The van der Waals surface area contributed by atoms with Gasteiger partial charge in [-0.05, 0) is 86.0 Å². The Morgan fingerprint density at radius 1 is 1.12 bits per heavy atom. The Kier molecular flexibility index (Phi) is 7.19. The molecule has 4 rings (SSSR count). The molecule has 33 heavy (non-hydrogen) atoms. The number of rotatable bonds is 8. The van der Waals surface area contributed by atoms with Crippen molar-refractivity contribution in [2.75, 3.05) is 6.61 Å². The predicted octanol–water partition coefficient (Wildman–Crippen LogP) is 5.19. The van der Waals surface area contributed by atoms with E-state index >= 15 is 0 Å². The van der Waals surface area contributed by atoms with Crippen LogP contribution in [0.1, 0.15) is 97.8 Å². The van der Waals surface area contributed by atoms with E-state index in [1.807, 2.05) is 13.0 Å². The Labute approximate surface area is 198 Å². The molecular weight excluding hydrogens is 416 g/mol.